The number of hydrogen-bond donors (Lipinski definition) is 2. The quantitative estimate of drug-likeness (QED) is 0.611. The van der Waals surface area contributed by atoms with E-state index in [2.05, 4.69) is 5.32 Å². The van der Waals surface area contributed by atoms with Crippen LogP contribution in [0.4, 0.5) is 5.69 Å². The number of esters is 1. The zero-order chi connectivity index (χ0) is 14.4. The number of anilines is 1. The molecule has 0 saturated carbocycles. The summed E-state index contributed by atoms with van der Waals surface area (Å²) in [5, 5.41) is 12.7. The van der Waals surface area contributed by atoms with Crippen molar-refractivity contribution in [3.63, 3.8) is 0 Å². The molecule has 0 spiro atoms. The Hall–Kier alpha value is -1.75. The zero-order valence-corrected chi connectivity index (χ0v) is 11.9. The van der Waals surface area contributed by atoms with Gasteiger partial charge in [-0.2, -0.15) is 0 Å². The number of rotatable bonds is 6. The van der Waals surface area contributed by atoms with Crippen molar-refractivity contribution in [2.45, 2.75) is 27.0 Å². The molecular formula is C14H22N2O3. The van der Waals surface area contributed by atoms with E-state index < -0.39 is 5.97 Å². The molecule has 1 aromatic rings. The summed E-state index contributed by atoms with van der Waals surface area (Å²) in [4.78, 5) is 14.0. The summed E-state index contributed by atoms with van der Waals surface area (Å²) in [6, 6.07) is 4.77. The first-order valence-corrected chi connectivity index (χ1v) is 6.49. The van der Waals surface area contributed by atoms with Gasteiger partial charge in [-0.3, -0.25) is 4.90 Å². The lowest BCUT2D eigenvalue weighted by atomic mass is 10.2. The molecule has 1 aromatic carbocycles. The van der Waals surface area contributed by atoms with Crippen molar-refractivity contribution in [2.75, 3.05) is 25.5 Å². The fourth-order valence-corrected chi connectivity index (χ4v) is 1.89. The van der Waals surface area contributed by atoms with Crippen LogP contribution in [-0.4, -0.2) is 42.3 Å². The first kappa shape index (κ1) is 15.3. The molecule has 0 amide bonds. The fourth-order valence-electron chi connectivity index (χ4n) is 1.89. The van der Waals surface area contributed by atoms with Gasteiger partial charge in [-0.05, 0) is 32.1 Å². The molecule has 5 nitrogen and oxygen atoms in total. The highest BCUT2D eigenvalue weighted by molar-refractivity contribution is 5.93. The van der Waals surface area contributed by atoms with Gasteiger partial charge in [-0.25, -0.2) is 4.79 Å². The Kier molecular flexibility index (Phi) is 5.63. The van der Waals surface area contributed by atoms with Crippen molar-refractivity contribution in [1.82, 2.24) is 4.90 Å². The highest BCUT2D eigenvalue weighted by atomic mass is 16.6. The Morgan fingerprint density at radius 2 is 2.05 bits per heavy atom. The van der Waals surface area contributed by atoms with E-state index in [9.17, 15) is 9.90 Å². The van der Waals surface area contributed by atoms with E-state index in [1.54, 1.807) is 19.2 Å². The van der Waals surface area contributed by atoms with E-state index in [-0.39, 0.29) is 17.5 Å². The predicted octanol–water partition coefficient (Wildman–Crippen LogP) is 2.28. The van der Waals surface area contributed by atoms with Crippen LogP contribution in [0.5, 0.6) is 5.75 Å². The summed E-state index contributed by atoms with van der Waals surface area (Å²) >= 11 is 0. The molecule has 0 aliphatic heterocycles. The molecule has 5 heteroatoms. The highest BCUT2D eigenvalue weighted by Gasteiger charge is 2.19. The van der Waals surface area contributed by atoms with Crippen LogP contribution in [-0.2, 0) is 4.74 Å². The molecule has 0 radical (unpaired) electrons. The van der Waals surface area contributed by atoms with Gasteiger partial charge in [0.1, 0.15) is 11.3 Å². The van der Waals surface area contributed by atoms with Gasteiger partial charge in [-0.1, -0.05) is 13.8 Å². The lowest BCUT2D eigenvalue weighted by Crippen LogP contribution is -2.36. The summed E-state index contributed by atoms with van der Waals surface area (Å²) in [5.74, 6) is -0.594. The molecule has 106 valence electrons. The van der Waals surface area contributed by atoms with Crippen LogP contribution in [0.25, 0.3) is 0 Å². The van der Waals surface area contributed by atoms with Crippen molar-refractivity contribution < 1.29 is 14.6 Å². The topological polar surface area (TPSA) is 61.8 Å². The van der Waals surface area contributed by atoms with Gasteiger partial charge in [0.05, 0.1) is 0 Å². The van der Waals surface area contributed by atoms with Crippen molar-refractivity contribution in [1.29, 1.82) is 0 Å². The minimum absolute atomic E-state index is 0.0800. The third-order valence-electron chi connectivity index (χ3n) is 3.11. The Morgan fingerprint density at radius 1 is 1.42 bits per heavy atom. The number of hydrogen-bond acceptors (Lipinski definition) is 5. The first-order valence-electron chi connectivity index (χ1n) is 6.49. The minimum Gasteiger partial charge on any atom is -0.507 e. The second-order valence-electron chi connectivity index (χ2n) is 4.21. The molecule has 2 N–H and O–H groups in total. The van der Waals surface area contributed by atoms with Gasteiger partial charge in [0.25, 0.3) is 0 Å². The lowest BCUT2D eigenvalue weighted by Gasteiger charge is -2.25. The van der Waals surface area contributed by atoms with Crippen LogP contribution in [0.15, 0.2) is 18.2 Å². The van der Waals surface area contributed by atoms with Crippen molar-refractivity contribution in [2.24, 2.45) is 0 Å². The molecule has 1 unspecified atom stereocenters. The number of phenolic OH excluding ortho intramolecular Hbond substituents is 1. The molecule has 19 heavy (non-hydrogen) atoms. The van der Waals surface area contributed by atoms with Gasteiger partial charge in [-0.15, -0.1) is 0 Å². The average molecular weight is 266 g/mol. The number of nitrogens with zero attached hydrogens (tertiary/aromatic N) is 1. The van der Waals surface area contributed by atoms with Crippen LogP contribution in [0.1, 0.15) is 31.1 Å². The third-order valence-corrected chi connectivity index (χ3v) is 3.11. The van der Waals surface area contributed by atoms with Crippen molar-refractivity contribution in [3.8, 4) is 5.75 Å². The Bertz CT molecular complexity index is 431. The zero-order valence-electron chi connectivity index (χ0n) is 11.9. The summed E-state index contributed by atoms with van der Waals surface area (Å²) in [5.41, 5.74) is 0.920. The minimum atomic E-state index is -0.514. The lowest BCUT2D eigenvalue weighted by molar-refractivity contribution is -0.0198. The molecule has 1 atom stereocenters. The summed E-state index contributed by atoms with van der Waals surface area (Å²) in [7, 11) is 1.75. The van der Waals surface area contributed by atoms with Crippen molar-refractivity contribution >= 4 is 11.7 Å². The molecule has 0 aromatic heterocycles. The fraction of sp³-hybridized carbons (Fsp3) is 0.500. The maximum Gasteiger partial charge on any atom is 0.343 e. The van der Waals surface area contributed by atoms with Gasteiger partial charge in [0.15, 0.2) is 6.23 Å². The average Bonchev–Trinajstić information content (AvgIpc) is 2.39. The van der Waals surface area contributed by atoms with Crippen LogP contribution >= 0.6 is 0 Å². The molecule has 0 heterocycles. The maximum absolute atomic E-state index is 12.0. The van der Waals surface area contributed by atoms with E-state index >= 15 is 0 Å². The molecule has 0 saturated heterocycles. The summed E-state index contributed by atoms with van der Waals surface area (Å²) in [6.07, 6.45) is -0.314. The van der Waals surface area contributed by atoms with Crippen LogP contribution in [0.2, 0.25) is 0 Å². The van der Waals surface area contributed by atoms with Crippen LogP contribution in [0.3, 0.4) is 0 Å². The van der Waals surface area contributed by atoms with Gasteiger partial charge < -0.3 is 15.2 Å². The summed E-state index contributed by atoms with van der Waals surface area (Å²) in [6.45, 7) is 7.44. The molecule has 0 fully saturated rings. The van der Waals surface area contributed by atoms with Gasteiger partial charge >= 0.3 is 5.97 Å². The third kappa shape index (κ3) is 3.86. The molecule has 1 rings (SSSR count). The van der Waals surface area contributed by atoms with Crippen LogP contribution < -0.4 is 5.32 Å². The highest BCUT2D eigenvalue weighted by Crippen LogP contribution is 2.23. The Morgan fingerprint density at radius 3 is 2.53 bits per heavy atom. The number of aromatic hydroxyl groups is 1. The standard InChI is InChI=1S/C14H22N2O3/c1-5-16(6-2)10(3)19-14(18)12-8-7-11(15-4)9-13(12)17/h7-10,15,17H,5-6H2,1-4H3. The largest absolute Gasteiger partial charge is 0.507 e. The smallest absolute Gasteiger partial charge is 0.343 e. The van der Waals surface area contributed by atoms with Crippen molar-refractivity contribution in [3.05, 3.63) is 23.8 Å². The second-order valence-corrected chi connectivity index (χ2v) is 4.21. The maximum atomic E-state index is 12.0. The number of nitrogens with one attached hydrogen (secondary N) is 1. The van der Waals surface area contributed by atoms with Crippen LogP contribution in [0, 0.1) is 0 Å². The Labute approximate surface area is 114 Å². The Balaban J connectivity index is 2.78. The number of benzene rings is 1. The predicted molar refractivity (Wildman–Crippen MR) is 75.5 cm³/mol. The van der Waals surface area contributed by atoms with E-state index in [0.717, 1.165) is 18.8 Å². The van der Waals surface area contributed by atoms with E-state index in [1.807, 2.05) is 25.7 Å². The number of carbonyl (C=O) groups is 1. The monoisotopic (exact) mass is 266 g/mol. The molecule has 0 aliphatic rings. The molecular weight excluding hydrogens is 244 g/mol. The number of phenols is 1. The SMILES string of the molecule is CCN(CC)C(C)OC(=O)c1ccc(NC)cc1O. The van der Waals surface area contributed by atoms with E-state index in [0.29, 0.717) is 0 Å². The van der Waals surface area contributed by atoms with Gasteiger partial charge in [0, 0.05) is 18.8 Å². The molecule has 0 aliphatic carbocycles. The first-order chi connectivity index (χ1) is 9.03. The normalized spacial score (nSPS) is 12.3. The van der Waals surface area contributed by atoms with E-state index in [1.165, 1.54) is 6.07 Å². The summed E-state index contributed by atoms with van der Waals surface area (Å²) < 4.78 is 5.34. The van der Waals surface area contributed by atoms with Gasteiger partial charge in [0.2, 0.25) is 0 Å². The second kappa shape index (κ2) is 6.99. The number of carbonyl (C=O) groups excluding carboxylic acids is 1. The number of ether oxygens (including phenoxy) is 1. The van der Waals surface area contributed by atoms with E-state index in [4.69, 9.17) is 4.74 Å². The molecule has 0 bridgehead atoms.